The lowest BCUT2D eigenvalue weighted by Crippen LogP contribution is -2.33. The van der Waals surface area contributed by atoms with Crippen LogP contribution >= 0.6 is 11.6 Å². The Morgan fingerprint density at radius 3 is 2.75 bits per heavy atom. The van der Waals surface area contributed by atoms with Crippen LogP contribution in [0.4, 0.5) is 5.69 Å². The minimum Gasteiger partial charge on any atom is -0.351 e. The first kappa shape index (κ1) is 16.3. The largest absolute Gasteiger partial charge is 0.351 e. The van der Waals surface area contributed by atoms with E-state index >= 15 is 0 Å². The highest BCUT2D eigenvalue weighted by Crippen LogP contribution is 2.18. The summed E-state index contributed by atoms with van der Waals surface area (Å²) in [6.45, 7) is -0.166. The monoisotopic (exact) mass is 322 g/mol. The van der Waals surface area contributed by atoms with Gasteiger partial charge in [0.15, 0.2) is 0 Å². The molecule has 0 saturated heterocycles. The number of pyridine rings is 1. The van der Waals surface area contributed by atoms with E-state index in [1.54, 1.807) is 0 Å². The molecule has 0 bridgehead atoms. The molecule has 0 radical (unpaired) electrons. The third-order valence-electron chi connectivity index (χ3n) is 2.25. The van der Waals surface area contributed by atoms with Crippen molar-refractivity contribution in [2.75, 3.05) is 19.3 Å². The molecule has 1 rings (SSSR count). The highest BCUT2D eigenvalue weighted by Gasteiger charge is 2.17. The molecule has 0 saturated carbocycles. The molecule has 0 unspecified atom stereocenters. The fourth-order valence-corrected chi connectivity index (χ4v) is 1.96. The van der Waals surface area contributed by atoms with Gasteiger partial charge in [-0.2, -0.15) is 0 Å². The number of carbonyl (C=O) groups is 1. The van der Waals surface area contributed by atoms with Gasteiger partial charge in [0.05, 0.1) is 16.2 Å². The van der Waals surface area contributed by atoms with Gasteiger partial charge in [-0.25, -0.2) is 18.1 Å². The van der Waals surface area contributed by atoms with Crippen molar-refractivity contribution in [3.05, 3.63) is 33.1 Å². The molecule has 0 aromatic carbocycles. The van der Waals surface area contributed by atoms with Crippen LogP contribution in [0, 0.1) is 10.1 Å². The lowest BCUT2D eigenvalue weighted by molar-refractivity contribution is -0.385. The predicted octanol–water partition coefficient (Wildman–Crippen LogP) is -0.0778. The van der Waals surface area contributed by atoms with Crippen molar-refractivity contribution < 1.29 is 18.1 Å². The molecule has 1 heterocycles. The number of amides is 1. The van der Waals surface area contributed by atoms with Gasteiger partial charge < -0.3 is 5.32 Å². The Bertz CT molecular complexity index is 633. The van der Waals surface area contributed by atoms with E-state index in [1.165, 1.54) is 7.05 Å². The molecule has 0 fully saturated rings. The SMILES string of the molecule is CNS(=O)(=O)CCNC(=O)c1cc([N+](=O)[O-])cnc1Cl. The van der Waals surface area contributed by atoms with E-state index < -0.39 is 20.9 Å². The zero-order valence-electron chi connectivity index (χ0n) is 10.3. The summed E-state index contributed by atoms with van der Waals surface area (Å²) in [5.74, 6) is -1.06. The zero-order chi connectivity index (χ0) is 15.3. The average Bonchev–Trinajstić information content (AvgIpc) is 2.38. The van der Waals surface area contributed by atoms with Crippen molar-refractivity contribution in [2.45, 2.75) is 0 Å². The Balaban J connectivity index is 2.78. The van der Waals surface area contributed by atoms with Crippen LogP contribution in [0.5, 0.6) is 0 Å². The second kappa shape index (κ2) is 6.59. The number of hydrogen-bond acceptors (Lipinski definition) is 6. The number of sulfonamides is 1. The van der Waals surface area contributed by atoms with Crippen molar-refractivity contribution in [1.82, 2.24) is 15.0 Å². The molecule has 0 atom stereocenters. The van der Waals surface area contributed by atoms with Crippen molar-refractivity contribution in [1.29, 1.82) is 0 Å². The van der Waals surface area contributed by atoms with E-state index in [4.69, 9.17) is 11.6 Å². The number of nitro groups is 1. The molecular formula is C9H11ClN4O5S. The maximum absolute atomic E-state index is 11.7. The topological polar surface area (TPSA) is 131 Å². The fourth-order valence-electron chi connectivity index (χ4n) is 1.19. The Morgan fingerprint density at radius 2 is 2.20 bits per heavy atom. The maximum atomic E-state index is 11.7. The maximum Gasteiger partial charge on any atom is 0.288 e. The fraction of sp³-hybridized carbons (Fsp3) is 0.333. The van der Waals surface area contributed by atoms with Gasteiger partial charge in [-0.1, -0.05) is 11.6 Å². The molecule has 0 aliphatic heterocycles. The van der Waals surface area contributed by atoms with E-state index in [-0.39, 0.29) is 28.7 Å². The number of hydrogen-bond donors (Lipinski definition) is 2. The first-order valence-corrected chi connectivity index (χ1v) is 7.29. The minimum atomic E-state index is -3.45. The molecule has 11 heteroatoms. The summed E-state index contributed by atoms with van der Waals surface area (Å²) in [5, 5.41) is 12.7. The van der Waals surface area contributed by atoms with Gasteiger partial charge in [-0.15, -0.1) is 0 Å². The summed E-state index contributed by atoms with van der Waals surface area (Å²) in [6.07, 6.45) is 0.921. The van der Waals surface area contributed by atoms with Gasteiger partial charge in [-0.3, -0.25) is 14.9 Å². The minimum absolute atomic E-state index is 0.166. The quantitative estimate of drug-likeness (QED) is 0.428. The molecule has 1 aromatic rings. The van der Waals surface area contributed by atoms with Crippen molar-refractivity contribution >= 4 is 33.2 Å². The molecule has 9 nitrogen and oxygen atoms in total. The van der Waals surface area contributed by atoms with Gasteiger partial charge in [0, 0.05) is 12.6 Å². The summed E-state index contributed by atoms with van der Waals surface area (Å²) in [6, 6.07) is 0.969. The first-order chi connectivity index (χ1) is 9.26. The molecule has 110 valence electrons. The molecule has 1 aromatic heterocycles. The molecule has 0 spiro atoms. The van der Waals surface area contributed by atoms with E-state index in [2.05, 4.69) is 15.0 Å². The van der Waals surface area contributed by atoms with Crippen LogP contribution in [0.25, 0.3) is 0 Å². The number of carbonyl (C=O) groups excluding carboxylic acids is 1. The Kier molecular flexibility index (Phi) is 5.36. The summed E-state index contributed by atoms with van der Waals surface area (Å²) >= 11 is 5.67. The summed E-state index contributed by atoms with van der Waals surface area (Å²) in [7, 11) is -2.20. The van der Waals surface area contributed by atoms with Crippen LogP contribution in [-0.4, -0.2) is 43.6 Å². The standard InChI is InChI=1S/C9H11ClN4O5S/c1-11-20(18,19)3-2-12-9(15)7-4-6(14(16)17)5-13-8(7)10/h4-5,11H,2-3H2,1H3,(H,12,15). The average molecular weight is 323 g/mol. The summed E-state index contributed by atoms with van der Waals surface area (Å²) in [4.78, 5) is 25.1. The van der Waals surface area contributed by atoms with Crippen LogP contribution in [0.15, 0.2) is 12.3 Å². The van der Waals surface area contributed by atoms with Crippen molar-refractivity contribution in [2.24, 2.45) is 0 Å². The second-order valence-electron chi connectivity index (χ2n) is 3.57. The van der Waals surface area contributed by atoms with Crippen LogP contribution in [0.1, 0.15) is 10.4 Å². The number of halogens is 1. The van der Waals surface area contributed by atoms with Crippen LogP contribution < -0.4 is 10.0 Å². The third kappa shape index (κ3) is 4.40. The highest BCUT2D eigenvalue weighted by molar-refractivity contribution is 7.89. The molecule has 2 N–H and O–H groups in total. The molecule has 0 aliphatic carbocycles. The molecular weight excluding hydrogens is 312 g/mol. The summed E-state index contributed by atoms with van der Waals surface area (Å²) < 4.78 is 24.4. The van der Waals surface area contributed by atoms with E-state index in [0.29, 0.717) is 0 Å². The van der Waals surface area contributed by atoms with E-state index in [9.17, 15) is 23.3 Å². The predicted molar refractivity (Wildman–Crippen MR) is 71.1 cm³/mol. The Morgan fingerprint density at radius 1 is 1.55 bits per heavy atom. The van der Waals surface area contributed by atoms with Crippen LogP contribution in [0.3, 0.4) is 0 Å². The van der Waals surface area contributed by atoms with Crippen LogP contribution in [-0.2, 0) is 10.0 Å². The first-order valence-electron chi connectivity index (χ1n) is 5.26. The van der Waals surface area contributed by atoms with E-state index in [1.807, 2.05) is 0 Å². The summed E-state index contributed by atoms with van der Waals surface area (Å²) in [5.41, 5.74) is -0.579. The second-order valence-corrected chi connectivity index (χ2v) is 5.97. The van der Waals surface area contributed by atoms with Crippen molar-refractivity contribution in [3.63, 3.8) is 0 Å². The highest BCUT2D eigenvalue weighted by atomic mass is 35.5. The molecule has 1 amide bonds. The lowest BCUT2D eigenvalue weighted by atomic mass is 10.2. The third-order valence-corrected chi connectivity index (χ3v) is 3.91. The van der Waals surface area contributed by atoms with Crippen molar-refractivity contribution in [3.8, 4) is 0 Å². The van der Waals surface area contributed by atoms with Gasteiger partial charge in [0.1, 0.15) is 11.3 Å². The Labute approximate surface area is 119 Å². The van der Waals surface area contributed by atoms with Gasteiger partial charge in [0.2, 0.25) is 10.0 Å². The zero-order valence-corrected chi connectivity index (χ0v) is 11.9. The van der Waals surface area contributed by atoms with Gasteiger partial charge in [0.25, 0.3) is 11.6 Å². The van der Waals surface area contributed by atoms with Crippen LogP contribution in [0.2, 0.25) is 5.15 Å². The smallest absolute Gasteiger partial charge is 0.288 e. The molecule has 20 heavy (non-hydrogen) atoms. The lowest BCUT2D eigenvalue weighted by Gasteiger charge is -2.06. The van der Waals surface area contributed by atoms with E-state index in [0.717, 1.165) is 12.3 Å². The normalized spacial score (nSPS) is 11.1. The number of nitrogens with one attached hydrogen (secondary N) is 2. The molecule has 0 aliphatic rings. The van der Waals surface area contributed by atoms with Gasteiger partial charge in [-0.05, 0) is 7.05 Å². The Hall–Kier alpha value is -1.78. The number of nitrogens with zero attached hydrogens (tertiary/aromatic N) is 2. The van der Waals surface area contributed by atoms with Gasteiger partial charge >= 0.3 is 0 Å². The number of rotatable bonds is 6. The number of aromatic nitrogens is 1.